The number of anilines is 2. The van der Waals surface area contributed by atoms with Crippen molar-refractivity contribution in [1.82, 2.24) is 9.88 Å². The number of primary amides is 1. The number of ether oxygens (including phenoxy) is 1. The minimum Gasteiger partial charge on any atom is -0.444 e. The van der Waals surface area contributed by atoms with Gasteiger partial charge in [0.2, 0.25) is 0 Å². The molecular formula is C23H33N5O3S. The Balaban J connectivity index is 1.73. The van der Waals surface area contributed by atoms with E-state index in [1.165, 1.54) is 17.8 Å². The molecule has 1 unspecified atom stereocenters. The van der Waals surface area contributed by atoms with Crippen LogP contribution in [0.1, 0.15) is 74.0 Å². The highest BCUT2D eigenvalue weighted by atomic mass is 32.1. The highest BCUT2D eigenvalue weighted by molar-refractivity contribution is 7.21. The van der Waals surface area contributed by atoms with Crippen LogP contribution in [0, 0.1) is 0 Å². The quantitative estimate of drug-likeness (QED) is 0.715. The van der Waals surface area contributed by atoms with Crippen molar-refractivity contribution in [2.75, 3.05) is 36.8 Å². The first-order valence-corrected chi connectivity index (χ1v) is 12.2. The molecule has 0 spiro atoms. The maximum absolute atomic E-state index is 12.7. The maximum Gasteiger partial charge on any atom is 0.410 e. The van der Waals surface area contributed by atoms with E-state index in [0.717, 1.165) is 60.4 Å². The first-order valence-electron chi connectivity index (χ1n) is 11.4. The number of aromatic nitrogens is 1. The van der Waals surface area contributed by atoms with Gasteiger partial charge in [-0.1, -0.05) is 0 Å². The minimum atomic E-state index is -0.538. The molecule has 2 aliphatic heterocycles. The first kappa shape index (κ1) is 22.6. The van der Waals surface area contributed by atoms with E-state index in [0.29, 0.717) is 23.7 Å². The van der Waals surface area contributed by atoms with Gasteiger partial charge in [-0.3, -0.25) is 4.79 Å². The monoisotopic (exact) mass is 459 g/mol. The Morgan fingerprint density at radius 1 is 1.16 bits per heavy atom. The molecule has 2 saturated heterocycles. The van der Waals surface area contributed by atoms with E-state index in [4.69, 9.17) is 21.2 Å². The average Bonchev–Trinajstić information content (AvgIpc) is 3.09. The molecule has 0 saturated carbocycles. The van der Waals surface area contributed by atoms with Crippen LogP contribution in [-0.4, -0.2) is 53.7 Å². The van der Waals surface area contributed by atoms with Crippen molar-refractivity contribution in [3.8, 4) is 0 Å². The number of amides is 2. The molecule has 0 aromatic carbocycles. The molecule has 4 heterocycles. The van der Waals surface area contributed by atoms with E-state index in [1.807, 2.05) is 20.8 Å². The predicted molar refractivity (Wildman–Crippen MR) is 128 cm³/mol. The van der Waals surface area contributed by atoms with E-state index in [9.17, 15) is 9.59 Å². The van der Waals surface area contributed by atoms with Gasteiger partial charge in [0.05, 0.1) is 5.69 Å². The fraction of sp³-hybridized carbons (Fsp3) is 0.609. The van der Waals surface area contributed by atoms with E-state index < -0.39 is 11.5 Å². The molecule has 4 rings (SSSR count). The van der Waals surface area contributed by atoms with Gasteiger partial charge in [-0.05, 0) is 64.5 Å². The molecule has 2 aromatic heterocycles. The largest absolute Gasteiger partial charge is 0.444 e. The summed E-state index contributed by atoms with van der Waals surface area (Å²) in [7, 11) is 0. The lowest BCUT2D eigenvalue weighted by atomic mass is 9.89. The summed E-state index contributed by atoms with van der Waals surface area (Å²) in [6.45, 7) is 8.79. The third-order valence-electron chi connectivity index (χ3n) is 6.13. The van der Waals surface area contributed by atoms with Gasteiger partial charge in [0.25, 0.3) is 5.91 Å². The van der Waals surface area contributed by atoms with Crippen LogP contribution in [0.3, 0.4) is 0 Å². The number of hydrogen-bond donors (Lipinski definition) is 2. The number of likely N-dealkylation sites (tertiary alicyclic amines) is 1. The summed E-state index contributed by atoms with van der Waals surface area (Å²) < 4.78 is 5.61. The van der Waals surface area contributed by atoms with Gasteiger partial charge in [0, 0.05) is 37.5 Å². The summed E-state index contributed by atoms with van der Waals surface area (Å²) >= 11 is 1.26. The standard InChI is InChI=1S/C23H33N5O3S/c1-23(2,3)31-22(30)28-11-7-8-14(13-28)15-12-16(27-9-5-4-6-10-27)26-21-17(15)18(24)19(32-21)20(25)29/h12,14H,4-11,13,24H2,1-3H3,(H2,25,29). The number of hydrogen-bond acceptors (Lipinski definition) is 7. The fourth-order valence-corrected chi connectivity index (χ4v) is 5.63. The molecule has 32 heavy (non-hydrogen) atoms. The summed E-state index contributed by atoms with van der Waals surface area (Å²) in [5.74, 6) is 0.469. The number of pyridine rings is 1. The number of nitrogens with zero attached hydrogens (tertiary/aromatic N) is 3. The van der Waals surface area contributed by atoms with Crippen LogP contribution >= 0.6 is 11.3 Å². The molecule has 2 aromatic rings. The van der Waals surface area contributed by atoms with Gasteiger partial charge in [-0.25, -0.2) is 9.78 Å². The van der Waals surface area contributed by atoms with Crippen LogP contribution in [0.15, 0.2) is 6.07 Å². The number of piperidine rings is 2. The zero-order chi connectivity index (χ0) is 23.0. The maximum atomic E-state index is 12.7. The molecular weight excluding hydrogens is 426 g/mol. The van der Waals surface area contributed by atoms with Crippen molar-refractivity contribution in [1.29, 1.82) is 0 Å². The molecule has 174 valence electrons. The van der Waals surface area contributed by atoms with Crippen LogP contribution < -0.4 is 16.4 Å². The number of carbonyl (C=O) groups is 2. The summed E-state index contributed by atoms with van der Waals surface area (Å²) in [4.78, 5) is 34.8. The molecule has 9 heteroatoms. The average molecular weight is 460 g/mol. The Morgan fingerprint density at radius 3 is 2.53 bits per heavy atom. The first-order chi connectivity index (χ1) is 15.1. The topological polar surface area (TPSA) is 115 Å². The third-order valence-corrected chi connectivity index (χ3v) is 7.25. The fourth-order valence-electron chi connectivity index (χ4n) is 4.65. The number of carbonyl (C=O) groups excluding carboxylic acids is 2. The van der Waals surface area contributed by atoms with E-state index in [1.54, 1.807) is 4.90 Å². The van der Waals surface area contributed by atoms with E-state index in [2.05, 4.69) is 11.0 Å². The second-order valence-corrected chi connectivity index (χ2v) is 10.8. The van der Waals surface area contributed by atoms with Gasteiger partial charge in [-0.15, -0.1) is 11.3 Å². The lowest BCUT2D eigenvalue weighted by molar-refractivity contribution is 0.0198. The summed E-state index contributed by atoms with van der Waals surface area (Å²) in [5, 5.41) is 0.806. The SMILES string of the molecule is CC(C)(C)OC(=O)N1CCCC(c2cc(N3CCCCC3)nc3sc(C(N)=O)c(N)c23)C1. The third kappa shape index (κ3) is 4.62. The zero-order valence-electron chi connectivity index (χ0n) is 19.1. The Hall–Kier alpha value is -2.55. The second kappa shape index (κ2) is 8.77. The van der Waals surface area contributed by atoms with Crippen molar-refractivity contribution in [3.05, 3.63) is 16.5 Å². The van der Waals surface area contributed by atoms with Crippen molar-refractivity contribution in [3.63, 3.8) is 0 Å². The van der Waals surface area contributed by atoms with Crippen LogP contribution in [0.25, 0.3) is 10.2 Å². The van der Waals surface area contributed by atoms with Crippen molar-refractivity contribution < 1.29 is 14.3 Å². The number of nitrogens with two attached hydrogens (primary N) is 2. The smallest absolute Gasteiger partial charge is 0.410 e. The van der Waals surface area contributed by atoms with E-state index in [-0.39, 0.29) is 12.0 Å². The highest BCUT2D eigenvalue weighted by Gasteiger charge is 2.31. The lowest BCUT2D eigenvalue weighted by Gasteiger charge is -2.35. The molecule has 0 radical (unpaired) electrons. The van der Waals surface area contributed by atoms with Crippen LogP contribution in [0.4, 0.5) is 16.3 Å². The molecule has 2 amide bonds. The zero-order valence-corrected chi connectivity index (χ0v) is 20.0. The second-order valence-electron chi connectivity index (χ2n) is 9.77. The van der Waals surface area contributed by atoms with Gasteiger partial charge < -0.3 is 26.0 Å². The Bertz CT molecular complexity index is 1020. The molecule has 2 aliphatic rings. The van der Waals surface area contributed by atoms with E-state index >= 15 is 0 Å². The summed E-state index contributed by atoms with van der Waals surface area (Å²) in [6, 6.07) is 2.12. The van der Waals surface area contributed by atoms with Crippen LogP contribution in [0.5, 0.6) is 0 Å². The number of rotatable bonds is 3. The molecule has 0 bridgehead atoms. The molecule has 0 aliphatic carbocycles. The van der Waals surface area contributed by atoms with Crippen molar-refractivity contribution >= 4 is 45.1 Å². The Labute approximate surface area is 192 Å². The van der Waals surface area contributed by atoms with Gasteiger partial charge in [0.1, 0.15) is 21.1 Å². The number of thiophene rings is 1. The van der Waals surface area contributed by atoms with Gasteiger partial charge in [-0.2, -0.15) is 0 Å². The van der Waals surface area contributed by atoms with Crippen LogP contribution in [0.2, 0.25) is 0 Å². The van der Waals surface area contributed by atoms with Gasteiger partial charge in [0.15, 0.2) is 0 Å². The predicted octanol–water partition coefficient (Wildman–Crippen LogP) is 4.08. The minimum absolute atomic E-state index is 0.0861. The Kier molecular flexibility index (Phi) is 6.20. The molecule has 2 fully saturated rings. The normalized spacial score (nSPS) is 19.9. The van der Waals surface area contributed by atoms with Crippen molar-refractivity contribution in [2.24, 2.45) is 5.73 Å². The number of fused-ring (bicyclic) bond motifs is 1. The molecule has 8 nitrogen and oxygen atoms in total. The van der Waals surface area contributed by atoms with Gasteiger partial charge >= 0.3 is 6.09 Å². The lowest BCUT2D eigenvalue weighted by Crippen LogP contribution is -2.42. The highest BCUT2D eigenvalue weighted by Crippen LogP contribution is 2.42. The Morgan fingerprint density at radius 2 is 1.88 bits per heavy atom. The van der Waals surface area contributed by atoms with Crippen LogP contribution in [-0.2, 0) is 4.74 Å². The van der Waals surface area contributed by atoms with Crippen molar-refractivity contribution in [2.45, 2.75) is 64.4 Å². The molecule has 1 atom stereocenters. The summed E-state index contributed by atoms with van der Waals surface area (Å²) in [6.07, 6.45) is 5.03. The number of nitrogen functional groups attached to an aromatic ring is 1. The molecule has 4 N–H and O–H groups in total. The summed E-state index contributed by atoms with van der Waals surface area (Å²) in [5.41, 5.74) is 12.9.